The van der Waals surface area contributed by atoms with Crippen molar-refractivity contribution >= 4 is 28.5 Å². The van der Waals surface area contributed by atoms with Crippen LogP contribution in [0.15, 0.2) is 29.2 Å². The average Bonchev–Trinajstić information content (AvgIpc) is 3.56. The molecule has 2 aliphatic rings. The fraction of sp³-hybridized carbons (Fsp3) is 0.435. The summed E-state index contributed by atoms with van der Waals surface area (Å²) in [7, 11) is 1.66. The summed E-state index contributed by atoms with van der Waals surface area (Å²) in [6.07, 6.45) is 7.78. The number of likely N-dealkylation sites (tertiary alicyclic amines) is 1. The number of nitrogens with one attached hydrogen (secondary N) is 1. The van der Waals surface area contributed by atoms with Crippen LogP contribution in [-0.4, -0.2) is 59.7 Å². The molecule has 3 aromatic rings. The minimum Gasteiger partial charge on any atom is -0.495 e. The molecule has 0 bridgehead atoms. The topological polar surface area (TPSA) is 79.5 Å². The molecule has 0 spiro atoms. The van der Waals surface area contributed by atoms with E-state index in [1.807, 2.05) is 12.1 Å². The molecule has 31 heavy (non-hydrogen) atoms. The van der Waals surface area contributed by atoms with Crippen LogP contribution in [0.4, 0.5) is 17.6 Å². The van der Waals surface area contributed by atoms with E-state index in [-0.39, 0.29) is 0 Å². The number of aromatic nitrogens is 3. The van der Waals surface area contributed by atoms with Gasteiger partial charge < -0.3 is 19.4 Å². The smallest absolute Gasteiger partial charge is 0.227 e. The molecule has 0 atom stereocenters. The molecule has 0 unspecified atom stereocenters. The van der Waals surface area contributed by atoms with Gasteiger partial charge in [-0.3, -0.25) is 4.90 Å². The molecule has 2 saturated heterocycles. The van der Waals surface area contributed by atoms with Crippen LogP contribution >= 0.6 is 0 Å². The molecule has 0 radical (unpaired) electrons. The molecule has 0 saturated carbocycles. The first-order chi connectivity index (χ1) is 15.3. The van der Waals surface area contributed by atoms with Crippen molar-refractivity contribution in [3.8, 4) is 17.6 Å². The number of ether oxygens (including phenoxy) is 1. The van der Waals surface area contributed by atoms with E-state index >= 15 is 0 Å². The molecule has 1 aromatic carbocycles. The molecule has 2 aliphatic heterocycles. The number of hydrogen-bond acceptors (Lipinski definition) is 8. The summed E-state index contributed by atoms with van der Waals surface area (Å²) in [5, 5.41) is 4.12. The number of hydrogen-bond donors (Lipinski definition) is 1. The monoisotopic (exact) mass is 418 g/mol. The number of anilines is 3. The number of rotatable bonds is 5. The van der Waals surface area contributed by atoms with Crippen LogP contribution in [0.3, 0.4) is 0 Å². The highest BCUT2D eigenvalue weighted by molar-refractivity contribution is 5.94. The van der Waals surface area contributed by atoms with Crippen LogP contribution < -0.4 is 15.0 Å². The van der Waals surface area contributed by atoms with Crippen molar-refractivity contribution in [1.82, 2.24) is 19.9 Å². The average molecular weight is 419 g/mol. The highest BCUT2D eigenvalue weighted by Gasteiger charge is 2.19. The SMILES string of the molecule is COc1cc2c(Nc3cocn3)nc(N3CCCC3)nc2cc1C#CCN1CCCC1. The molecule has 2 fully saturated rings. The van der Waals surface area contributed by atoms with Crippen molar-refractivity contribution in [2.45, 2.75) is 25.7 Å². The largest absolute Gasteiger partial charge is 0.495 e. The maximum absolute atomic E-state index is 5.65. The quantitative estimate of drug-likeness (QED) is 0.632. The lowest BCUT2D eigenvalue weighted by Gasteiger charge is -2.18. The number of oxazole rings is 1. The van der Waals surface area contributed by atoms with Crippen molar-refractivity contribution in [1.29, 1.82) is 0 Å². The van der Waals surface area contributed by atoms with Crippen LogP contribution in [0.25, 0.3) is 10.9 Å². The predicted molar refractivity (Wildman–Crippen MR) is 120 cm³/mol. The molecule has 8 nitrogen and oxygen atoms in total. The van der Waals surface area contributed by atoms with Gasteiger partial charge in [0.05, 0.1) is 24.7 Å². The van der Waals surface area contributed by atoms with Crippen LogP contribution in [0.5, 0.6) is 5.75 Å². The van der Waals surface area contributed by atoms with Crippen LogP contribution in [0, 0.1) is 11.8 Å². The lowest BCUT2D eigenvalue weighted by molar-refractivity contribution is 0.383. The number of fused-ring (bicyclic) bond motifs is 1. The Balaban J connectivity index is 1.55. The first-order valence-corrected chi connectivity index (χ1v) is 10.8. The maximum atomic E-state index is 5.65. The molecule has 5 rings (SSSR count). The third kappa shape index (κ3) is 4.28. The van der Waals surface area contributed by atoms with Gasteiger partial charge in [-0.05, 0) is 50.9 Å². The Labute approximate surface area is 181 Å². The van der Waals surface area contributed by atoms with Gasteiger partial charge in [0.1, 0.15) is 17.8 Å². The minimum absolute atomic E-state index is 0.598. The zero-order valence-electron chi connectivity index (χ0n) is 17.7. The Morgan fingerprint density at radius 2 is 1.90 bits per heavy atom. The fourth-order valence-electron chi connectivity index (χ4n) is 4.15. The van der Waals surface area contributed by atoms with Crippen LogP contribution in [-0.2, 0) is 0 Å². The predicted octanol–water partition coefficient (Wildman–Crippen LogP) is 3.42. The van der Waals surface area contributed by atoms with Crippen LogP contribution in [0.2, 0.25) is 0 Å². The van der Waals surface area contributed by atoms with E-state index < -0.39 is 0 Å². The Kier molecular flexibility index (Phi) is 5.59. The highest BCUT2D eigenvalue weighted by Crippen LogP contribution is 2.32. The normalized spacial score (nSPS) is 16.5. The molecule has 4 heterocycles. The van der Waals surface area contributed by atoms with Crippen molar-refractivity contribution in [3.63, 3.8) is 0 Å². The summed E-state index contributed by atoms with van der Waals surface area (Å²) in [6, 6.07) is 3.95. The molecule has 0 aliphatic carbocycles. The van der Waals surface area contributed by atoms with E-state index in [0.29, 0.717) is 17.4 Å². The van der Waals surface area contributed by atoms with Gasteiger partial charge in [-0.1, -0.05) is 11.8 Å². The van der Waals surface area contributed by atoms with Crippen molar-refractivity contribution in [3.05, 3.63) is 30.4 Å². The maximum Gasteiger partial charge on any atom is 0.227 e. The van der Waals surface area contributed by atoms with E-state index in [1.165, 1.54) is 19.2 Å². The van der Waals surface area contributed by atoms with E-state index in [4.69, 9.17) is 19.1 Å². The zero-order valence-corrected chi connectivity index (χ0v) is 17.7. The number of nitrogens with zero attached hydrogens (tertiary/aromatic N) is 5. The van der Waals surface area contributed by atoms with E-state index in [1.54, 1.807) is 13.4 Å². The minimum atomic E-state index is 0.598. The number of methoxy groups -OCH3 is 1. The molecule has 160 valence electrons. The molecule has 1 N–H and O–H groups in total. The fourth-order valence-corrected chi connectivity index (χ4v) is 4.15. The second kappa shape index (κ2) is 8.82. The van der Waals surface area contributed by atoms with E-state index in [0.717, 1.165) is 68.0 Å². The zero-order chi connectivity index (χ0) is 21.0. The second-order valence-electron chi connectivity index (χ2n) is 7.92. The van der Waals surface area contributed by atoms with Crippen molar-refractivity contribution < 1.29 is 9.15 Å². The molecular weight excluding hydrogens is 392 g/mol. The van der Waals surface area contributed by atoms with Gasteiger partial charge in [0, 0.05) is 18.5 Å². The Bertz CT molecular complexity index is 1110. The summed E-state index contributed by atoms with van der Waals surface area (Å²) < 4.78 is 10.8. The Morgan fingerprint density at radius 1 is 1.10 bits per heavy atom. The standard InChI is InChI=1S/C23H26N6O2/c1-30-20-14-18-19(13-17(20)7-6-10-28-8-2-3-9-28)25-23(29-11-4-5-12-29)27-22(18)26-21-15-31-16-24-21/h13-16H,2-5,8-12H2,1H3,(H,25,26,27). The first kappa shape index (κ1) is 19.6. The van der Waals surface area contributed by atoms with Gasteiger partial charge in [-0.25, -0.2) is 4.98 Å². The van der Waals surface area contributed by atoms with Gasteiger partial charge in [0.25, 0.3) is 0 Å². The molecule has 0 amide bonds. The third-order valence-corrected chi connectivity index (χ3v) is 5.80. The van der Waals surface area contributed by atoms with Gasteiger partial charge in [0.15, 0.2) is 12.2 Å². The highest BCUT2D eigenvalue weighted by atomic mass is 16.5. The van der Waals surface area contributed by atoms with E-state index in [9.17, 15) is 0 Å². The summed E-state index contributed by atoms with van der Waals surface area (Å²) in [5.41, 5.74) is 1.67. The first-order valence-electron chi connectivity index (χ1n) is 10.8. The summed E-state index contributed by atoms with van der Waals surface area (Å²) in [6.45, 7) is 4.98. The van der Waals surface area contributed by atoms with E-state index in [2.05, 4.69) is 31.9 Å². The third-order valence-electron chi connectivity index (χ3n) is 5.80. The Morgan fingerprint density at radius 3 is 2.65 bits per heavy atom. The summed E-state index contributed by atoms with van der Waals surface area (Å²) in [5.74, 6) is 9.31. The van der Waals surface area contributed by atoms with Gasteiger partial charge in [-0.15, -0.1) is 0 Å². The number of benzene rings is 1. The molecular formula is C23H26N6O2. The van der Waals surface area contributed by atoms with Crippen molar-refractivity contribution in [2.24, 2.45) is 0 Å². The second-order valence-corrected chi connectivity index (χ2v) is 7.92. The lowest BCUT2D eigenvalue weighted by atomic mass is 10.1. The molecule has 2 aromatic heterocycles. The van der Waals surface area contributed by atoms with Gasteiger partial charge >= 0.3 is 0 Å². The molecule has 8 heteroatoms. The van der Waals surface area contributed by atoms with Crippen LogP contribution in [0.1, 0.15) is 31.2 Å². The van der Waals surface area contributed by atoms with Crippen molar-refractivity contribution in [2.75, 3.05) is 50.1 Å². The summed E-state index contributed by atoms with van der Waals surface area (Å²) >= 11 is 0. The lowest BCUT2D eigenvalue weighted by Crippen LogP contribution is -2.21. The van der Waals surface area contributed by atoms with Gasteiger partial charge in [0.2, 0.25) is 5.95 Å². The Hall–Kier alpha value is -3.31. The summed E-state index contributed by atoms with van der Waals surface area (Å²) in [4.78, 5) is 18.4. The van der Waals surface area contributed by atoms with Gasteiger partial charge in [-0.2, -0.15) is 9.97 Å².